The van der Waals surface area contributed by atoms with Gasteiger partial charge in [0.25, 0.3) is 0 Å². The summed E-state index contributed by atoms with van der Waals surface area (Å²) in [6.07, 6.45) is 2.21. The highest BCUT2D eigenvalue weighted by Crippen LogP contribution is 2.28. The van der Waals surface area contributed by atoms with E-state index in [1.807, 2.05) is 24.3 Å². The third kappa shape index (κ3) is 2.40. The molecular formula is C12H11Cl2NO. The minimum Gasteiger partial charge on any atom is -0.468 e. The standard InChI is InChI=1S/C12H11Cl2NO/c13-9-4-1-3-8(12(9)14)7-10(15)11-5-2-6-16-11/h1-6,10H,7,15H2. The third-order valence-electron chi connectivity index (χ3n) is 2.38. The lowest BCUT2D eigenvalue weighted by atomic mass is 10.0. The second-order valence-electron chi connectivity index (χ2n) is 3.54. The van der Waals surface area contributed by atoms with Crippen LogP contribution in [0.3, 0.4) is 0 Å². The highest BCUT2D eigenvalue weighted by molar-refractivity contribution is 6.42. The molecule has 0 aliphatic rings. The van der Waals surface area contributed by atoms with Gasteiger partial charge >= 0.3 is 0 Å². The lowest BCUT2D eigenvalue weighted by molar-refractivity contribution is 0.464. The summed E-state index contributed by atoms with van der Waals surface area (Å²) in [5, 5.41) is 1.11. The summed E-state index contributed by atoms with van der Waals surface area (Å²) < 4.78 is 5.24. The van der Waals surface area contributed by atoms with Crippen molar-refractivity contribution in [3.05, 3.63) is 58.0 Å². The Morgan fingerprint density at radius 3 is 2.69 bits per heavy atom. The van der Waals surface area contributed by atoms with Crippen molar-refractivity contribution in [3.63, 3.8) is 0 Å². The number of hydrogen-bond donors (Lipinski definition) is 1. The van der Waals surface area contributed by atoms with E-state index >= 15 is 0 Å². The summed E-state index contributed by atoms with van der Waals surface area (Å²) in [4.78, 5) is 0. The van der Waals surface area contributed by atoms with Gasteiger partial charge in [-0.3, -0.25) is 0 Å². The Hall–Kier alpha value is -0.960. The number of furan rings is 1. The van der Waals surface area contributed by atoms with E-state index in [2.05, 4.69) is 0 Å². The van der Waals surface area contributed by atoms with Gasteiger partial charge in [0.2, 0.25) is 0 Å². The molecule has 1 unspecified atom stereocenters. The fourth-order valence-corrected chi connectivity index (χ4v) is 1.94. The Bertz CT molecular complexity index is 468. The predicted octanol–water partition coefficient (Wildman–Crippen LogP) is 3.83. The van der Waals surface area contributed by atoms with Crippen LogP contribution in [0.2, 0.25) is 10.0 Å². The first-order chi connectivity index (χ1) is 7.68. The summed E-state index contributed by atoms with van der Waals surface area (Å²) in [5.74, 6) is 0.746. The summed E-state index contributed by atoms with van der Waals surface area (Å²) in [5.41, 5.74) is 6.92. The quantitative estimate of drug-likeness (QED) is 0.906. The van der Waals surface area contributed by atoms with E-state index in [9.17, 15) is 0 Å². The molecule has 1 aromatic carbocycles. The van der Waals surface area contributed by atoms with Crippen molar-refractivity contribution in [2.75, 3.05) is 0 Å². The molecule has 2 aromatic rings. The first-order valence-corrected chi connectivity index (χ1v) is 5.66. The van der Waals surface area contributed by atoms with E-state index in [1.165, 1.54) is 0 Å². The van der Waals surface area contributed by atoms with Crippen molar-refractivity contribution in [1.29, 1.82) is 0 Å². The molecule has 0 radical (unpaired) electrons. The average molecular weight is 256 g/mol. The molecule has 2 nitrogen and oxygen atoms in total. The lowest BCUT2D eigenvalue weighted by Crippen LogP contribution is -2.12. The number of hydrogen-bond acceptors (Lipinski definition) is 2. The number of rotatable bonds is 3. The molecule has 0 saturated carbocycles. The van der Waals surface area contributed by atoms with Crippen molar-refractivity contribution in [2.45, 2.75) is 12.5 Å². The van der Waals surface area contributed by atoms with Crippen molar-refractivity contribution < 1.29 is 4.42 Å². The van der Waals surface area contributed by atoms with E-state index < -0.39 is 0 Å². The van der Waals surface area contributed by atoms with E-state index in [-0.39, 0.29) is 6.04 Å². The first-order valence-electron chi connectivity index (χ1n) is 4.90. The van der Waals surface area contributed by atoms with Crippen molar-refractivity contribution in [2.24, 2.45) is 5.73 Å². The topological polar surface area (TPSA) is 39.2 Å². The summed E-state index contributed by atoms with van der Waals surface area (Å²) in [7, 11) is 0. The summed E-state index contributed by atoms with van der Waals surface area (Å²) in [6, 6.07) is 8.99. The Morgan fingerprint density at radius 1 is 1.19 bits per heavy atom. The number of benzene rings is 1. The van der Waals surface area contributed by atoms with Crippen LogP contribution in [0.15, 0.2) is 41.0 Å². The van der Waals surface area contributed by atoms with Crippen molar-refractivity contribution >= 4 is 23.2 Å². The van der Waals surface area contributed by atoms with Crippen LogP contribution in [0, 0.1) is 0 Å². The highest BCUT2D eigenvalue weighted by Gasteiger charge is 2.12. The van der Waals surface area contributed by atoms with Gasteiger partial charge in [-0.1, -0.05) is 35.3 Å². The molecule has 0 bridgehead atoms. The van der Waals surface area contributed by atoms with Gasteiger partial charge in [-0.2, -0.15) is 0 Å². The van der Waals surface area contributed by atoms with Gasteiger partial charge in [-0.05, 0) is 30.2 Å². The van der Waals surface area contributed by atoms with Crippen LogP contribution < -0.4 is 5.73 Å². The molecular weight excluding hydrogens is 245 g/mol. The molecule has 0 aliphatic carbocycles. The van der Waals surface area contributed by atoms with Gasteiger partial charge in [0.1, 0.15) is 5.76 Å². The van der Waals surface area contributed by atoms with E-state index in [0.29, 0.717) is 16.5 Å². The van der Waals surface area contributed by atoms with Crippen LogP contribution in [0.25, 0.3) is 0 Å². The van der Waals surface area contributed by atoms with E-state index in [4.69, 9.17) is 33.4 Å². The maximum atomic E-state index is 6.08. The number of halogens is 2. The molecule has 0 saturated heterocycles. The zero-order valence-electron chi connectivity index (χ0n) is 8.49. The normalized spacial score (nSPS) is 12.7. The Morgan fingerprint density at radius 2 is 2.00 bits per heavy atom. The van der Waals surface area contributed by atoms with Crippen LogP contribution >= 0.6 is 23.2 Å². The largest absolute Gasteiger partial charge is 0.468 e. The van der Waals surface area contributed by atoms with Crippen LogP contribution in [0.5, 0.6) is 0 Å². The van der Waals surface area contributed by atoms with E-state index in [1.54, 1.807) is 12.3 Å². The van der Waals surface area contributed by atoms with Crippen molar-refractivity contribution in [1.82, 2.24) is 0 Å². The third-order valence-corrected chi connectivity index (χ3v) is 3.24. The average Bonchev–Trinajstić information content (AvgIpc) is 2.78. The second kappa shape index (κ2) is 4.91. The molecule has 0 amide bonds. The van der Waals surface area contributed by atoms with Crippen LogP contribution in [-0.2, 0) is 6.42 Å². The molecule has 1 heterocycles. The Balaban J connectivity index is 2.18. The van der Waals surface area contributed by atoms with Crippen LogP contribution in [-0.4, -0.2) is 0 Å². The number of nitrogens with two attached hydrogens (primary N) is 1. The molecule has 0 aliphatic heterocycles. The molecule has 84 valence electrons. The van der Waals surface area contributed by atoms with Crippen LogP contribution in [0.1, 0.15) is 17.4 Å². The smallest absolute Gasteiger partial charge is 0.120 e. The fraction of sp³-hybridized carbons (Fsp3) is 0.167. The predicted molar refractivity (Wildman–Crippen MR) is 65.8 cm³/mol. The maximum absolute atomic E-state index is 6.08. The van der Waals surface area contributed by atoms with Gasteiger partial charge < -0.3 is 10.2 Å². The molecule has 2 N–H and O–H groups in total. The molecule has 2 rings (SSSR count). The molecule has 16 heavy (non-hydrogen) atoms. The Labute approximate surface area is 104 Å². The van der Waals surface area contributed by atoms with Gasteiger partial charge in [0.15, 0.2) is 0 Å². The Kier molecular flexibility index (Phi) is 3.54. The monoisotopic (exact) mass is 255 g/mol. The van der Waals surface area contributed by atoms with Gasteiger partial charge in [-0.25, -0.2) is 0 Å². The molecule has 1 atom stereocenters. The lowest BCUT2D eigenvalue weighted by Gasteiger charge is -2.10. The summed E-state index contributed by atoms with van der Waals surface area (Å²) in [6.45, 7) is 0. The highest BCUT2D eigenvalue weighted by atomic mass is 35.5. The van der Waals surface area contributed by atoms with Crippen LogP contribution in [0.4, 0.5) is 0 Å². The molecule has 1 aromatic heterocycles. The second-order valence-corrected chi connectivity index (χ2v) is 4.32. The minimum absolute atomic E-state index is 0.203. The van der Waals surface area contributed by atoms with E-state index in [0.717, 1.165) is 11.3 Å². The SMILES string of the molecule is NC(Cc1cccc(Cl)c1Cl)c1ccco1. The fourth-order valence-electron chi connectivity index (χ4n) is 1.55. The summed E-state index contributed by atoms with van der Waals surface area (Å²) >= 11 is 12.0. The van der Waals surface area contributed by atoms with Gasteiger partial charge in [0.05, 0.1) is 22.4 Å². The van der Waals surface area contributed by atoms with Gasteiger partial charge in [-0.15, -0.1) is 0 Å². The maximum Gasteiger partial charge on any atom is 0.120 e. The molecule has 0 fully saturated rings. The van der Waals surface area contributed by atoms with Crippen molar-refractivity contribution in [3.8, 4) is 0 Å². The zero-order chi connectivity index (χ0) is 11.5. The van der Waals surface area contributed by atoms with Gasteiger partial charge in [0, 0.05) is 0 Å². The molecule has 0 spiro atoms. The zero-order valence-corrected chi connectivity index (χ0v) is 10.0. The molecule has 4 heteroatoms. The first kappa shape index (κ1) is 11.5. The minimum atomic E-state index is -0.203.